The zero-order valence-electron chi connectivity index (χ0n) is 29.1. The van der Waals surface area contributed by atoms with Gasteiger partial charge >= 0.3 is 0 Å². The molecule has 1 aliphatic carbocycles. The van der Waals surface area contributed by atoms with Crippen LogP contribution in [0.5, 0.6) is 0 Å². The average molecular weight is 593 g/mol. The minimum atomic E-state index is 0.0389. The molecule has 0 spiro atoms. The number of Topliss-reactive ketones (excluding diaryl/α,β-unsaturated/α-hetero) is 1. The van der Waals surface area contributed by atoms with Crippen LogP contribution in [0.25, 0.3) is 0 Å². The Bertz CT molecular complexity index is 992. The summed E-state index contributed by atoms with van der Waals surface area (Å²) in [7, 11) is 0. The molecule has 1 aliphatic rings. The number of unbranched alkanes of at least 4 members (excludes halogenated alkanes) is 1. The van der Waals surface area contributed by atoms with Crippen LogP contribution in [-0.4, -0.2) is 18.5 Å². The molecular weight excluding hydrogens is 528 g/mol. The van der Waals surface area contributed by atoms with E-state index < -0.39 is 0 Å². The highest BCUT2D eigenvalue weighted by atomic mass is 16.5. The Morgan fingerprint density at radius 2 is 1.79 bits per heavy atom. The van der Waals surface area contributed by atoms with E-state index in [1.54, 1.807) is 0 Å². The van der Waals surface area contributed by atoms with Gasteiger partial charge in [0.05, 0.1) is 11.9 Å². The summed E-state index contributed by atoms with van der Waals surface area (Å²) in [5.74, 6) is 2.28. The monoisotopic (exact) mass is 592 g/mol. The first kappa shape index (κ1) is 38.6. The lowest BCUT2D eigenvalue weighted by Crippen LogP contribution is -2.28. The highest BCUT2D eigenvalue weighted by molar-refractivity contribution is 5.79. The minimum absolute atomic E-state index is 0.0389. The molecule has 3 atom stereocenters. The van der Waals surface area contributed by atoms with Crippen LogP contribution >= 0.6 is 0 Å². The Morgan fingerprint density at radius 1 is 1.09 bits per heavy atom. The maximum atomic E-state index is 13.0. The molecule has 0 heterocycles. The molecule has 0 bridgehead atoms. The quantitative estimate of drug-likeness (QED) is 0.126. The second-order valence-corrected chi connectivity index (χ2v) is 13.5. The number of hydrogen-bond donors (Lipinski definition) is 0. The van der Waals surface area contributed by atoms with Crippen LogP contribution in [0.2, 0.25) is 0 Å². The zero-order chi connectivity index (χ0) is 32.1. The normalized spacial score (nSPS) is 17.1. The Morgan fingerprint density at radius 3 is 2.37 bits per heavy atom. The molecule has 0 radical (unpaired) electrons. The van der Waals surface area contributed by atoms with Crippen molar-refractivity contribution in [2.45, 2.75) is 139 Å². The van der Waals surface area contributed by atoms with E-state index >= 15 is 0 Å². The van der Waals surface area contributed by atoms with Gasteiger partial charge in [0.1, 0.15) is 12.4 Å². The first-order chi connectivity index (χ1) is 20.5. The van der Waals surface area contributed by atoms with Gasteiger partial charge in [0.25, 0.3) is 0 Å². The molecule has 0 fully saturated rings. The summed E-state index contributed by atoms with van der Waals surface area (Å²) in [5, 5.41) is 0. The van der Waals surface area contributed by atoms with Crippen LogP contribution in [0.3, 0.4) is 0 Å². The van der Waals surface area contributed by atoms with Gasteiger partial charge in [-0.05, 0) is 92.4 Å². The molecule has 0 saturated carbocycles. The summed E-state index contributed by atoms with van der Waals surface area (Å²) >= 11 is 0. The molecule has 43 heavy (non-hydrogen) atoms. The molecule has 3 heteroatoms. The van der Waals surface area contributed by atoms with Crippen molar-refractivity contribution < 1.29 is 14.3 Å². The fourth-order valence-electron chi connectivity index (χ4n) is 5.57. The third-order valence-electron chi connectivity index (χ3n) is 7.78. The summed E-state index contributed by atoms with van der Waals surface area (Å²) in [6.45, 7) is 22.6. The predicted octanol–water partition coefficient (Wildman–Crippen LogP) is 11.7. The molecular formula is C40H64O3. The molecule has 0 N–H and O–H groups in total. The van der Waals surface area contributed by atoms with Crippen molar-refractivity contribution in [2.24, 2.45) is 17.3 Å². The third kappa shape index (κ3) is 18.1. The highest BCUT2D eigenvalue weighted by Gasteiger charge is 2.27. The van der Waals surface area contributed by atoms with Crippen LogP contribution in [0.15, 0.2) is 78.1 Å². The van der Waals surface area contributed by atoms with E-state index in [1.165, 1.54) is 24.0 Å². The van der Waals surface area contributed by atoms with Crippen LogP contribution in [0, 0.1) is 17.3 Å². The van der Waals surface area contributed by atoms with E-state index in [-0.39, 0.29) is 11.5 Å². The molecule has 1 aromatic rings. The van der Waals surface area contributed by atoms with Gasteiger partial charge in [-0.1, -0.05) is 116 Å². The van der Waals surface area contributed by atoms with Gasteiger partial charge in [-0.25, -0.2) is 0 Å². The van der Waals surface area contributed by atoms with Crippen molar-refractivity contribution in [3.8, 4) is 0 Å². The van der Waals surface area contributed by atoms with Crippen molar-refractivity contribution in [1.82, 2.24) is 0 Å². The Balaban J connectivity index is 0.00000295. The number of benzene rings is 1. The van der Waals surface area contributed by atoms with E-state index in [0.29, 0.717) is 37.1 Å². The summed E-state index contributed by atoms with van der Waals surface area (Å²) < 4.78 is 12.1. The Kier molecular flexibility index (Phi) is 19.9. The van der Waals surface area contributed by atoms with E-state index in [2.05, 4.69) is 79.3 Å². The third-order valence-corrected chi connectivity index (χ3v) is 7.78. The number of allylic oxidation sites excluding steroid dienone is 7. The van der Waals surface area contributed by atoms with Crippen LogP contribution in [0.4, 0.5) is 0 Å². The number of carbonyl (C=O) groups excluding carboxylic acids is 1. The topological polar surface area (TPSA) is 35.5 Å². The van der Waals surface area contributed by atoms with Gasteiger partial charge in [-0.2, -0.15) is 0 Å². The number of ether oxygens (including phenoxy) is 2. The van der Waals surface area contributed by atoms with Crippen LogP contribution in [-0.2, 0) is 20.9 Å². The molecule has 1 aromatic carbocycles. The van der Waals surface area contributed by atoms with Crippen molar-refractivity contribution in [1.29, 1.82) is 0 Å². The molecule has 0 aliphatic heterocycles. The molecule has 242 valence electrons. The largest absolute Gasteiger partial charge is 0.494 e. The van der Waals surface area contributed by atoms with Gasteiger partial charge < -0.3 is 9.47 Å². The second kappa shape index (κ2) is 22.2. The van der Waals surface area contributed by atoms with Crippen LogP contribution < -0.4 is 0 Å². The molecule has 0 aromatic heterocycles. The molecule has 0 amide bonds. The van der Waals surface area contributed by atoms with Gasteiger partial charge in [0.15, 0.2) is 0 Å². The number of ketones is 1. The van der Waals surface area contributed by atoms with Crippen molar-refractivity contribution in [2.75, 3.05) is 6.61 Å². The fourth-order valence-corrected chi connectivity index (χ4v) is 5.57. The highest BCUT2D eigenvalue weighted by Crippen LogP contribution is 2.34. The summed E-state index contributed by atoms with van der Waals surface area (Å²) in [6.07, 6.45) is 20.3. The van der Waals surface area contributed by atoms with Crippen molar-refractivity contribution >= 4 is 5.78 Å². The minimum Gasteiger partial charge on any atom is -0.494 e. The second-order valence-electron chi connectivity index (χ2n) is 13.5. The lowest BCUT2D eigenvalue weighted by Gasteiger charge is -2.30. The summed E-state index contributed by atoms with van der Waals surface area (Å²) in [5.41, 5.74) is 3.66. The fraction of sp³-hybridized carbons (Fsp3) is 0.625. The van der Waals surface area contributed by atoms with Gasteiger partial charge in [0.2, 0.25) is 0 Å². The lowest BCUT2D eigenvalue weighted by molar-refractivity contribution is -0.123. The van der Waals surface area contributed by atoms with Crippen molar-refractivity contribution in [3.63, 3.8) is 0 Å². The summed E-state index contributed by atoms with van der Waals surface area (Å²) in [6, 6.07) is 10.2. The first-order valence-electron chi connectivity index (χ1n) is 17.1. The maximum Gasteiger partial charge on any atom is 0.133 e. The van der Waals surface area contributed by atoms with Crippen LogP contribution in [0.1, 0.15) is 132 Å². The smallest absolute Gasteiger partial charge is 0.133 e. The standard InChI is InChI=1S/C37H56O3.C3H8/c1-8-10-19-36(39-9-2)34(26-35(38)27-37(5,6)7)25-22-31-20-23-33(24-21-31)29(3)15-14-16-30(4)40-28-32-17-12-11-13-18-32;1-3-2/h11-18,23,31,34,36H,3,8-10,19-22,24-28H2,1-2,4-7H3;3H2,1-2H3/b15-14-,30-16+;. The molecule has 3 nitrogen and oxygen atoms in total. The van der Waals surface area contributed by atoms with E-state index in [0.717, 1.165) is 62.9 Å². The molecule has 3 unspecified atom stereocenters. The number of carbonyl (C=O) groups is 1. The van der Waals surface area contributed by atoms with E-state index in [4.69, 9.17) is 9.47 Å². The first-order valence-corrected chi connectivity index (χ1v) is 17.1. The SMILES string of the molecule is C=C(/C=C\C=C(/C)OCc1ccccc1)C1=CCC(CCC(CC(=O)CC(C)(C)C)C(CCCC)OCC)CC1.CCC. The number of hydrogen-bond acceptors (Lipinski definition) is 3. The lowest BCUT2D eigenvalue weighted by atomic mass is 9.79. The maximum absolute atomic E-state index is 13.0. The Hall–Kier alpha value is -2.39. The van der Waals surface area contributed by atoms with Gasteiger partial charge in [0, 0.05) is 19.4 Å². The predicted molar refractivity (Wildman–Crippen MR) is 186 cm³/mol. The van der Waals surface area contributed by atoms with E-state index in [1.807, 2.05) is 37.3 Å². The van der Waals surface area contributed by atoms with Crippen molar-refractivity contribution in [3.05, 3.63) is 83.7 Å². The van der Waals surface area contributed by atoms with Gasteiger partial charge in [-0.15, -0.1) is 0 Å². The molecule has 2 rings (SSSR count). The number of rotatable bonds is 18. The van der Waals surface area contributed by atoms with Gasteiger partial charge in [-0.3, -0.25) is 4.79 Å². The Labute approximate surface area is 265 Å². The van der Waals surface area contributed by atoms with E-state index in [9.17, 15) is 4.79 Å². The molecule has 0 saturated heterocycles. The average Bonchev–Trinajstić information content (AvgIpc) is 2.96. The zero-order valence-corrected chi connectivity index (χ0v) is 29.1. The summed E-state index contributed by atoms with van der Waals surface area (Å²) in [4.78, 5) is 13.0.